The SMILES string of the molecule is CC1C=CC=CC1[C@H]1CC[C@@H](C2NC(c3ccc(Cl)cc3)=NC2c2ccccn2)CN1. The largest absolute Gasteiger partial charge is 0.364 e. The molecule has 6 atom stereocenters. The van der Waals surface area contributed by atoms with Crippen LogP contribution in [0.2, 0.25) is 5.02 Å². The van der Waals surface area contributed by atoms with E-state index in [0.29, 0.717) is 23.8 Å². The Morgan fingerprint density at radius 1 is 1.00 bits per heavy atom. The Labute approximate surface area is 189 Å². The average molecular weight is 433 g/mol. The van der Waals surface area contributed by atoms with Crippen LogP contribution >= 0.6 is 11.6 Å². The van der Waals surface area contributed by atoms with Gasteiger partial charge in [0.2, 0.25) is 0 Å². The van der Waals surface area contributed by atoms with Gasteiger partial charge in [-0.3, -0.25) is 9.98 Å². The Kier molecular flexibility index (Phi) is 5.93. The fraction of sp³-hybridized carbons (Fsp3) is 0.385. The van der Waals surface area contributed by atoms with Crippen LogP contribution < -0.4 is 10.6 Å². The van der Waals surface area contributed by atoms with Crippen molar-refractivity contribution in [1.82, 2.24) is 15.6 Å². The van der Waals surface area contributed by atoms with Gasteiger partial charge in [-0.05, 0) is 67.0 Å². The molecule has 5 heteroatoms. The molecule has 1 aromatic heterocycles. The summed E-state index contributed by atoms with van der Waals surface area (Å²) in [5.74, 6) is 2.60. The topological polar surface area (TPSA) is 49.3 Å². The summed E-state index contributed by atoms with van der Waals surface area (Å²) in [5.41, 5.74) is 2.10. The molecule has 0 saturated carbocycles. The van der Waals surface area contributed by atoms with Crippen LogP contribution in [0.3, 0.4) is 0 Å². The molecule has 1 aliphatic carbocycles. The molecule has 0 bridgehead atoms. The highest BCUT2D eigenvalue weighted by molar-refractivity contribution is 6.30. The molecule has 2 N–H and O–H groups in total. The summed E-state index contributed by atoms with van der Waals surface area (Å²) < 4.78 is 0. The number of amidine groups is 1. The van der Waals surface area contributed by atoms with Gasteiger partial charge in [-0.15, -0.1) is 0 Å². The molecular weight excluding hydrogens is 404 g/mol. The lowest BCUT2D eigenvalue weighted by molar-refractivity contribution is 0.211. The minimum atomic E-state index is 0.0201. The Balaban J connectivity index is 1.34. The summed E-state index contributed by atoms with van der Waals surface area (Å²) in [7, 11) is 0. The molecule has 1 saturated heterocycles. The van der Waals surface area contributed by atoms with E-state index in [2.05, 4.69) is 59.0 Å². The van der Waals surface area contributed by atoms with Gasteiger partial charge < -0.3 is 10.6 Å². The summed E-state index contributed by atoms with van der Waals surface area (Å²) >= 11 is 6.09. The fourth-order valence-corrected chi connectivity index (χ4v) is 5.33. The molecule has 0 radical (unpaired) electrons. The van der Waals surface area contributed by atoms with Crippen LogP contribution in [0, 0.1) is 17.8 Å². The van der Waals surface area contributed by atoms with Gasteiger partial charge in [-0.2, -0.15) is 0 Å². The standard InChI is InChI=1S/C26H29ClN4/c1-17-6-2-3-7-21(17)22-14-11-19(16-29-22)24-25(23-8-4-5-15-28-23)31-26(30-24)18-9-12-20(27)13-10-18/h2-10,12-13,15,17,19,21-22,24-25,29H,11,14,16H2,1H3,(H,30,31)/t17?,19-,21?,22-,24?,25?/m1/s1. The van der Waals surface area contributed by atoms with Crippen molar-refractivity contribution in [3.8, 4) is 0 Å². The van der Waals surface area contributed by atoms with Crippen LogP contribution in [-0.4, -0.2) is 29.4 Å². The molecule has 2 aliphatic heterocycles. The lowest BCUT2D eigenvalue weighted by Gasteiger charge is -2.39. The Bertz CT molecular complexity index is 974. The molecule has 160 valence electrons. The van der Waals surface area contributed by atoms with E-state index in [9.17, 15) is 0 Å². The van der Waals surface area contributed by atoms with Crippen molar-refractivity contribution in [2.75, 3.05) is 6.54 Å². The molecule has 31 heavy (non-hydrogen) atoms. The number of hydrogen-bond donors (Lipinski definition) is 2. The second-order valence-corrected chi connectivity index (χ2v) is 9.35. The van der Waals surface area contributed by atoms with Gasteiger partial charge in [0.15, 0.2) is 0 Å². The summed E-state index contributed by atoms with van der Waals surface area (Å²) in [6.45, 7) is 3.32. The predicted octanol–water partition coefficient (Wildman–Crippen LogP) is 4.94. The van der Waals surface area contributed by atoms with Gasteiger partial charge in [0, 0.05) is 29.4 Å². The number of rotatable bonds is 4. The minimum Gasteiger partial charge on any atom is -0.364 e. The number of nitrogens with one attached hydrogen (secondary N) is 2. The van der Waals surface area contributed by atoms with Crippen LogP contribution in [0.15, 0.2) is 78.0 Å². The van der Waals surface area contributed by atoms with E-state index in [0.717, 1.165) is 28.7 Å². The first kappa shape index (κ1) is 20.5. The normalized spacial score (nSPS) is 32.5. The number of benzene rings is 1. The number of aliphatic imine (C=N–C) groups is 1. The van der Waals surface area contributed by atoms with Gasteiger partial charge in [0.05, 0.1) is 11.7 Å². The van der Waals surface area contributed by atoms with E-state index in [1.54, 1.807) is 0 Å². The zero-order valence-corrected chi connectivity index (χ0v) is 18.5. The van der Waals surface area contributed by atoms with Gasteiger partial charge >= 0.3 is 0 Å². The summed E-state index contributed by atoms with van der Waals surface area (Å²) in [6.07, 6.45) is 13.3. The van der Waals surface area contributed by atoms with E-state index in [1.165, 1.54) is 12.8 Å². The van der Waals surface area contributed by atoms with E-state index in [-0.39, 0.29) is 12.1 Å². The maximum absolute atomic E-state index is 6.09. The van der Waals surface area contributed by atoms with Crippen LogP contribution in [0.4, 0.5) is 0 Å². The smallest absolute Gasteiger partial charge is 0.129 e. The molecule has 2 aromatic rings. The maximum Gasteiger partial charge on any atom is 0.129 e. The lowest BCUT2D eigenvalue weighted by atomic mass is 9.77. The molecule has 4 nitrogen and oxygen atoms in total. The van der Waals surface area contributed by atoms with Crippen LogP contribution in [0.25, 0.3) is 0 Å². The Morgan fingerprint density at radius 3 is 2.55 bits per heavy atom. The molecule has 0 amide bonds. The summed E-state index contributed by atoms with van der Waals surface area (Å²) in [4.78, 5) is 9.73. The third kappa shape index (κ3) is 4.32. The first-order valence-electron chi connectivity index (χ1n) is 11.3. The highest BCUT2D eigenvalue weighted by atomic mass is 35.5. The third-order valence-corrected chi connectivity index (χ3v) is 7.20. The molecule has 4 unspecified atom stereocenters. The number of pyridine rings is 1. The number of aromatic nitrogens is 1. The highest BCUT2D eigenvalue weighted by Crippen LogP contribution is 2.35. The highest BCUT2D eigenvalue weighted by Gasteiger charge is 2.39. The Hall–Kier alpha value is -2.43. The lowest BCUT2D eigenvalue weighted by Crippen LogP contribution is -2.51. The molecular formula is C26H29ClN4. The van der Waals surface area contributed by atoms with Crippen molar-refractivity contribution in [2.45, 2.75) is 37.9 Å². The first-order valence-corrected chi connectivity index (χ1v) is 11.7. The zero-order valence-electron chi connectivity index (χ0n) is 17.8. The molecule has 0 spiro atoms. The Morgan fingerprint density at radius 2 is 1.84 bits per heavy atom. The van der Waals surface area contributed by atoms with Crippen molar-refractivity contribution in [3.63, 3.8) is 0 Å². The third-order valence-electron chi connectivity index (χ3n) is 6.95. The number of halogens is 1. The second kappa shape index (κ2) is 8.97. The maximum atomic E-state index is 6.09. The summed E-state index contributed by atoms with van der Waals surface area (Å²) in [6, 6.07) is 14.8. The van der Waals surface area contributed by atoms with Gasteiger partial charge in [-0.25, -0.2) is 0 Å². The fourth-order valence-electron chi connectivity index (χ4n) is 5.21. The predicted molar refractivity (Wildman–Crippen MR) is 127 cm³/mol. The average Bonchev–Trinajstić information content (AvgIpc) is 3.26. The van der Waals surface area contributed by atoms with Gasteiger partial charge in [0.25, 0.3) is 0 Å². The van der Waals surface area contributed by atoms with Crippen molar-refractivity contribution in [3.05, 3.63) is 89.2 Å². The van der Waals surface area contributed by atoms with E-state index >= 15 is 0 Å². The quantitative estimate of drug-likeness (QED) is 0.719. The van der Waals surface area contributed by atoms with Crippen molar-refractivity contribution >= 4 is 17.4 Å². The molecule has 1 fully saturated rings. The second-order valence-electron chi connectivity index (χ2n) is 8.91. The summed E-state index contributed by atoms with van der Waals surface area (Å²) in [5, 5.41) is 8.36. The number of nitrogens with zero attached hydrogens (tertiary/aromatic N) is 2. The minimum absolute atomic E-state index is 0.0201. The van der Waals surface area contributed by atoms with Crippen molar-refractivity contribution in [1.29, 1.82) is 0 Å². The molecule has 1 aromatic carbocycles. The van der Waals surface area contributed by atoms with Crippen LogP contribution in [0.1, 0.15) is 37.1 Å². The number of hydrogen-bond acceptors (Lipinski definition) is 4. The molecule has 3 aliphatic rings. The van der Waals surface area contributed by atoms with E-state index in [4.69, 9.17) is 16.6 Å². The molecule has 3 heterocycles. The van der Waals surface area contributed by atoms with Gasteiger partial charge in [-0.1, -0.05) is 48.9 Å². The van der Waals surface area contributed by atoms with Crippen LogP contribution in [-0.2, 0) is 0 Å². The monoisotopic (exact) mass is 432 g/mol. The van der Waals surface area contributed by atoms with E-state index in [1.807, 2.05) is 36.5 Å². The van der Waals surface area contributed by atoms with Gasteiger partial charge in [0.1, 0.15) is 11.9 Å². The number of piperidine rings is 1. The number of allylic oxidation sites excluding steroid dienone is 3. The van der Waals surface area contributed by atoms with Crippen molar-refractivity contribution in [2.24, 2.45) is 22.7 Å². The zero-order chi connectivity index (χ0) is 21.2. The van der Waals surface area contributed by atoms with E-state index < -0.39 is 0 Å². The van der Waals surface area contributed by atoms with Crippen molar-refractivity contribution < 1.29 is 0 Å². The van der Waals surface area contributed by atoms with Crippen LogP contribution in [0.5, 0.6) is 0 Å². The molecule has 5 rings (SSSR count). The first-order chi connectivity index (χ1) is 15.2.